The highest BCUT2D eigenvalue weighted by molar-refractivity contribution is 7.84. The van der Waals surface area contributed by atoms with Gasteiger partial charge in [-0.05, 0) is 32.7 Å². The van der Waals surface area contributed by atoms with Gasteiger partial charge in [-0.1, -0.05) is 0 Å². The molecular weight excluding hydrogens is 212 g/mol. The molecule has 0 spiro atoms. The second kappa shape index (κ2) is 8.85. The molecule has 2 atom stereocenters. The van der Waals surface area contributed by atoms with Crippen LogP contribution in [0.15, 0.2) is 0 Å². The number of rotatable bonds is 8. The number of unbranched alkanes of at least 4 members (excludes halogenated alkanes) is 1. The Balaban J connectivity index is 3.53. The maximum atomic E-state index is 11.3. The van der Waals surface area contributed by atoms with Crippen LogP contribution in [-0.2, 0) is 15.6 Å². The number of carbonyl (C=O) groups is 1. The summed E-state index contributed by atoms with van der Waals surface area (Å²) in [6, 6.07) is 0.110. The van der Waals surface area contributed by atoms with Gasteiger partial charge in [0.05, 0.1) is 0 Å². The monoisotopic (exact) mass is 234 g/mol. The molecule has 90 valence electrons. The van der Waals surface area contributed by atoms with Crippen LogP contribution in [0.4, 0.5) is 0 Å². The lowest BCUT2D eigenvalue weighted by molar-refractivity contribution is -0.121. The molecule has 15 heavy (non-hydrogen) atoms. The van der Waals surface area contributed by atoms with Crippen LogP contribution in [0.5, 0.6) is 0 Å². The van der Waals surface area contributed by atoms with Crippen molar-refractivity contribution in [2.45, 2.75) is 38.6 Å². The lowest BCUT2D eigenvalue weighted by Gasteiger charge is -2.12. The lowest BCUT2D eigenvalue weighted by atomic mass is 10.2. The Kier molecular flexibility index (Phi) is 8.61. The molecule has 0 aromatic carbocycles. The second-order valence-corrected chi connectivity index (χ2v) is 5.33. The summed E-state index contributed by atoms with van der Waals surface area (Å²) >= 11 is 0. The molecular formula is C10H22N2O2S. The molecule has 0 aliphatic carbocycles. The molecule has 0 aliphatic heterocycles. The van der Waals surface area contributed by atoms with Crippen molar-refractivity contribution in [2.24, 2.45) is 5.73 Å². The maximum absolute atomic E-state index is 11.3. The first-order valence-electron chi connectivity index (χ1n) is 5.35. The van der Waals surface area contributed by atoms with E-state index in [2.05, 4.69) is 5.32 Å². The molecule has 0 saturated heterocycles. The first-order valence-corrected chi connectivity index (χ1v) is 7.08. The van der Waals surface area contributed by atoms with Crippen LogP contribution in [0.3, 0.4) is 0 Å². The summed E-state index contributed by atoms with van der Waals surface area (Å²) in [6.07, 6.45) is 4.72. The van der Waals surface area contributed by atoms with Gasteiger partial charge in [0, 0.05) is 35.3 Å². The zero-order valence-electron chi connectivity index (χ0n) is 9.62. The normalized spacial score (nSPS) is 14.6. The molecule has 0 heterocycles. The molecule has 1 amide bonds. The Bertz CT molecular complexity index is 210. The Labute approximate surface area is 94.4 Å². The highest BCUT2D eigenvalue weighted by atomic mass is 32.2. The summed E-state index contributed by atoms with van der Waals surface area (Å²) in [6.45, 7) is 2.57. The van der Waals surface area contributed by atoms with Gasteiger partial charge in [-0.25, -0.2) is 0 Å². The van der Waals surface area contributed by atoms with Crippen LogP contribution < -0.4 is 11.1 Å². The van der Waals surface area contributed by atoms with Crippen molar-refractivity contribution < 1.29 is 9.00 Å². The van der Waals surface area contributed by atoms with E-state index in [0.29, 0.717) is 18.7 Å². The van der Waals surface area contributed by atoms with Gasteiger partial charge in [-0.2, -0.15) is 0 Å². The van der Waals surface area contributed by atoms with E-state index in [0.717, 1.165) is 19.3 Å². The first-order chi connectivity index (χ1) is 7.06. The minimum Gasteiger partial charge on any atom is -0.354 e. The fraction of sp³-hybridized carbons (Fsp3) is 0.900. The van der Waals surface area contributed by atoms with Gasteiger partial charge in [0.1, 0.15) is 0 Å². The standard InChI is InChI=1S/C10H22N2O2S/c1-9(6-8-15(2)14)12-10(13)5-3-4-7-11/h9H,3-8,11H2,1-2H3,(H,12,13). The number of hydrogen-bond acceptors (Lipinski definition) is 3. The quantitative estimate of drug-likeness (QED) is 0.597. The van der Waals surface area contributed by atoms with Crippen molar-refractivity contribution in [1.29, 1.82) is 0 Å². The third-order valence-electron chi connectivity index (χ3n) is 2.10. The predicted molar refractivity (Wildman–Crippen MR) is 64.1 cm³/mol. The summed E-state index contributed by atoms with van der Waals surface area (Å²) in [7, 11) is -0.776. The topological polar surface area (TPSA) is 72.2 Å². The smallest absolute Gasteiger partial charge is 0.220 e. The average molecular weight is 234 g/mol. The Morgan fingerprint density at radius 3 is 2.67 bits per heavy atom. The minimum atomic E-state index is -0.776. The molecule has 0 fully saturated rings. The number of amides is 1. The first kappa shape index (κ1) is 14.6. The molecule has 0 aliphatic rings. The molecule has 4 nitrogen and oxygen atoms in total. The van der Waals surface area contributed by atoms with E-state index >= 15 is 0 Å². The van der Waals surface area contributed by atoms with E-state index in [-0.39, 0.29) is 11.9 Å². The van der Waals surface area contributed by atoms with Crippen molar-refractivity contribution in [3.8, 4) is 0 Å². The van der Waals surface area contributed by atoms with Gasteiger partial charge in [0.2, 0.25) is 5.91 Å². The summed E-state index contributed by atoms with van der Waals surface area (Å²) < 4.78 is 10.8. The Morgan fingerprint density at radius 2 is 2.13 bits per heavy atom. The summed E-state index contributed by atoms with van der Waals surface area (Å²) in [5, 5.41) is 2.88. The van der Waals surface area contributed by atoms with Crippen LogP contribution in [0, 0.1) is 0 Å². The van der Waals surface area contributed by atoms with Gasteiger partial charge in [-0.15, -0.1) is 0 Å². The molecule has 0 saturated carbocycles. The second-order valence-electron chi connectivity index (χ2n) is 3.78. The Hall–Kier alpha value is -0.420. The fourth-order valence-electron chi connectivity index (χ4n) is 1.19. The number of hydrogen-bond donors (Lipinski definition) is 2. The van der Waals surface area contributed by atoms with Gasteiger partial charge in [0.15, 0.2) is 0 Å². The summed E-state index contributed by atoms with van der Waals surface area (Å²) in [5.41, 5.74) is 5.33. The van der Waals surface area contributed by atoms with E-state index in [9.17, 15) is 9.00 Å². The van der Waals surface area contributed by atoms with E-state index in [1.54, 1.807) is 6.26 Å². The maximum Gasteiger partial charge on any atom is 0.220 e. The number of carbonyl (C=O) groups excluding carboxylic acids is 1. The van der Waals surface area contributed by atoms with Crippen molar-refractivity contribution >= 4 is 16.7 Å². The van der Waals surface area contributed by atoms with Crippen molar-refractivity contribution in [1.82, 2.24) is 5.32 Å². The molecule has 0 rings (SSSR count). The van der Waals surface area contributed by atoms with E-state index in [1.165, 1.54) is 0 Å². The predicted octanol–water partition coefficient (Wildman–Crippen LogP) is 0.389. The number of nitrogens with two attached hydrogens (primary N) is 1. The van der Waals surface area contributed by atoms with Crippen LogP contribution in [0.25, 0.3) is 0 Å². The summed E-state index contributed by atoms with van der Waals surface area (Å²) in [5.74, 6) is 0.711. The fourth-order valence-corrected chi connectivity index (χ4v) is 1.88. The molecule has 0 radical (unpaired) electrons. The zero-order valence-corrected chi connectivity index (χ0v) is 10.4. The molecule has 2 unspecified atom stereocenters. The van der Waals surface area contributed by atoms with Crippen molar-refractivity contribution in [3.63, 3.8) is 0 Å². The van der Waals surface area contributed by atoms with E-state index in [4.69, 9.17) is 5.73 Å². The average Bonchev–Trinajstić information content (AvgIpc) is 2.15. The van der Waals surface area contributed by atoms with Crippen LogP contribution in [0.1, 0.15) is 32.6 Å². The van der Waals surface area contributed by atoms with Gasteiger partial charge < -0.3 is 11.1 Å². The highest BCUT2D eigenvalue weighted by Crippen LogP contribution is 1.97. The van der Waals surface area contributed by atoms with Gasteiger partial charge in [-0.3, -0.25) is 9.00 Å². The third-order valence-corrected chi connectivity index (χ3v) is 2.91. The molecule has 3 N–H and O–H groups in total. The molecule has 0 bridgehead atoms. The van der Waals surface area contributed by atoms with E-state index in [1.807, 2.05) is 6.92 Å². The van der Waals surface area contributed by atoms with Crippen LogP contribution >= 0.6 is 0 Å². The Morgan fingerprint density at radius 1 is 1.47 bits per heavy atom. The summed E-state index contributed by atoms with van der Waals surface area (Å²) in [4.78, 5) is 11.3. The van der Waals surface area contributed by atoms with Gasteiger partial charge >= 0.3 is 0 Å². The van der Waals surface area contributed by atoms with Crippen molar-refractivity contribution in [3.05, 3.63) is 0 Å². The van der Waals surface area contributed by atoms with Crippen molar-refractivity contribution in [2.75, 3.05) is 18.6 Å². The highest BCUT2D eigenvalue weighted by Gasteiger charge is 2.07. The number of nitrogens with one attached hydrogen (secondary N) is 1. The molecule has 0 aromatic rings. The molecule has 5 heteroatoms. The van der Waals surface area contributed by atoms with Crippen LogP contribution in [-0.4, -0.2) is 34.7 Å². The zero-order chi connectivity index (χ0) is 11.7. The largest absolute Gasteiger partial charge is 0.354 e. The van der Waals surface area contributed by atoms with Crippen LogP contribution in [0.2, 0.25) is 0 Å². The third kappa shape index (κ3) is 9.87. The lowest BCUT2D eigenvalue weighted by Crippen LogP contribution is -2.33. The minimum absolute atomic E-state index is 0.0674. The SMILES string of the molecule is CC(CCS(C)=O)NC(=O)CCCCN. The molecule has 0 aromatic heterocycles. The van der Waals surface area contributed by atoms with Gasteiger partial charge in [0.25, 0.3) is 0 Å². The van der Waals surface area contributed by atoms with E-state index < -0.39 is 10.8 Å².